The molecule has 0 fully saturated rings. The first-order chi connectivity index (χ1) is 16.2. The summed E-state index contributed by atoms with van der Waals surface area (Å²) < 4.78 is 85.2. The molecule has 0 saturated carbocycles. The number of anilines is 1. The summed E-state index contributed by atoms with van der Waals surface area (Å²) in [4.78, 5) is -1.80. The van der Waals surface area contributed by atoms with Crippen molar-refractivity contribution in [2.45, 2.75) is 56.2 Å². The minimum absolute atomic E-state index is 0.108. The van der Waals surface area contributed by atoms with Crippen molar-refractivity contribution in [3.05, 3.63) is 35.9 Å². The van der Waals surface area contributed by atoms with Crippen LogP contribution in [0.2, 0.25) is 0 Å². The van der Waals surface area contributed by atoms with E-state index in [2.05, 4.69) is 15.0 Å². The Hall–Kier alpha value is -2.59. The van der Waals surface area contributed by atoms with E-state index in [1.165, 1.54) is 13.1 Å². The standard InChI is InChI=1S/C21H29N3O9S3/c1-20(2,3)12-21(4,5)16-10-18(23-22-6)19(25)11-17(16)24-34(26)33-13-7-14(35(27,28)29)9-15(8-13)36(30,31)32/h7-11,24-25H,12H2,1-6H3,(H,27,28,29)(H,30,31,32). The quantitative estimate of drug-likeness (QED) is 0.253. The topological polar surface area (TPSA) is 192 Å². The van der Waals surface area contributed by atoms with Gasteiger partial charge in [0.05, 0.1) is 15.5 Å². The molecule has 2 rings (SSSR count). The predicted molar refractivity (Wildman–Crippen MR) is 134 cm³/mol. The number of phenolic OH excluding ortho intramolecular Hbond substituents is 1. The average molecular weight is 564 g/mol. The van der Waals surface area contributed by atoms with Crippen molar-refractivity contribution in [3.63, 3.8) is 0 Å². The van der Waals surface area contributed by atoms with Crippen LogP contribution in [0.1, 0.15) is 46.6 Å². The van der Waals surface area contributed by atoms with Crippen LogP contribution in [-0.4, -0.2) is 42.3 Å². The van der Waals surface area contributed by atoms with Crippen molar-refractivity contribution in [2.24, 2.45) is 15.6 Å². The van der Waals surface area contributed by atoms with E-state index < -0.39 is 52.5 Å². The van der Waals surface area contributed by atoms with E-state index in [4.69, 9.17) is 4.18 Å². The summed E-state index contributed by atoms with van der Waals surface area (Å²) in [7, 11) is -8.34. The molecule has 0 aliphatic rings. The first-order valence-electron chi connectivity index (χ1n) is 10.4. The van der Waals surface area contributed by atoms with Crippen LogP contribution in [0, 0.1) is 5.41 Å². The molecule has 0 bridgehead atoms. The molecule has 36 heavy (non-hydrogen) atoms. The van der Waals surface area contributed by atoms with Gasteiger partial charge in [0.1, 0.15) is 17.2 Å². The Morgan fingerprint density at radius 2 is 1.47 bits per heavy atom. The number of aromatic hydroxyl groups is 1. The maximum absolute atomic E-state index is 12.8. The highest BCUT2D eigenvalue weighted by Crippen LogP contribution is 2.44. The lowest BCUT2D eigenvalue weighted by molar-refractivity contribution is 0.284. The zero-order valence-corrected chi connectivity index (χ0v) is 23.0. The van der Waals surface area contributed by atoms with Crippen LogP contribution in [-0.2, 0) is 36.9 Å². The molecule has 12 nitrogen and oxygen atoms in total. The van der Waals surface area contributed by atoms with Crippen LogP contribution >= 0.6 is 0 Å². The molecular formula is C21H29N3O9S3. The fourth-order valence-electron chi connectivity index (χ4n) is 3.92. The lowest BCUT2D eigenvalue weighted by Crippen LogP contribution is -2.26. The fourth-order valence-corrected chi connectivity index (χ4v) is 5.74. The number of hydrogen-bond acceptors (Lipinski definition) is 9. The van der Waals surface area contributed by atoms with Crippen LogP contribution in [0.15, 0.2) is 50.4 Å². The second kappa shape index (κ2) is 10.4. The molecule has 0 saturated heterocycles. The number of nitrogens with one attached hydrogen (secondary N) is 1. The normalized spacial score (nSPS) is 14.1. The molecule has 2 aromatic carbocycles. The van der Waals surface area contributed by atoms with E-state index in [0.29, 0.717) is 18.1 Å². The van der Waals surface area contributed by atoms with E-state index in [1.54, 1.807) is 6.07 Å². The third kappa shape index (κ3) is 7.96. The maximum Gasteiger partial charge on any atom is 0.316 e. The van der Waals surface area contributed by atoms with Gasteiger partial charge in [-0.3, -0.25) is 13.8 Å². The molecule has 4 N–H and O–H groups in total. The number of hydrogen-bond donors (Lipinski definition) is 4. The molecule has 0 amide bonds. The summed E-state index contributed by atoms with van der Waals surface area (Å²) in [6.07, 6.45) is 0.670. The van der Waals surface area contributed by atoms with Gasteiger partial charge in [0.25, 0.3) is 20.2 Å². The van der Waals surface area contributed by atoms with Crippen molar-refractivity contribution in [1.29, 1.82) is 0 Å². The lowest BCUT2D eigenvalue weighted by atomic mass is 9.71. The highest BCUT2D eigenvalue weighted by molar-refractivity contribution is 7.86. The van der Waals surface area contributed by atoms with E-state index in [9.17, 15) is 35.3 Å². The van der Waals surface area contributed by atoms with Crippen LogP contribution < -0.4 is 8.91 Å². The van der Waals surface area contributed by atoms with E-state index >= 15 is 0 Å². The molecule has 1 atom stereocenters. The molecule has 2 aromatic rings. The van der Waals surface area contributed by atoms with Gasteiger partial charge < -0.3 is 9.29 Å². The Morgan fingerprint density at radius 3 is 1.92 bits per heavy atom. The van der Waals surface area contributed by atoms with Crippen molar-refractivity contribution in [3.8, 4) is 11.5 Å². The molecule has 0 aromatic heterocycles. The number of benzene rings is 2. The maximum atomic E-state index is 12.8. The molecule has 200 valence electrons. The van der Waals surface area contributed by atoms with E-state index in [0.717, 1.165) is 12.1 Å². The molecular weight excluding hydrogens is 534 g/mol. The second-order valence-corrected chi connectivity index (χ2v) is 13.5. The van der Waals surface area contributed by atoms with Gasteiger partial charge in [0.15, 0.2) is 0 Å². The summed E-state index contributed by atoms with van der Waals surface area (Å²) in [5, 5.41) is 18.0. The van der Waals surface area contributed by atoms with E-state index in [1.807, 2.05) is 34.6 Å². The Labute approximate surface area is 213 Å². The lowest BCUT2D eigenvalue weighted by Gasteiger charge is -2.34. The van der Waals surface area contributed by atoms with Crippen LogP contribution in [0.25, 0.3) is 0 Å². The number of phenols is 1. The molecule has 0 heterocycles. The van der Waals surface area contributed by atoms with Crippen LogP contribution in [0.5, 0.6) is 11.5 Å². The summed E-state index contributed by atoms with van der Waals surface area (Å²) in [6.45, 7) is 10.0. The number of rotatable bonds is 9. The van der Waals surface area contributed by atoms with Gasteiger partial charge >= 0.3 is 11.3 Å². The fraction of sp³-hybridized carbons (Fsp3) is 0.429. The zero-order chi connectivity index (χ0) is 27.7. The Bertz CT molecular complexity index is 1360. The summed E-state index contributed by atoms with van der Waals surface area (Å²) in [5.41, 5.74) is 0.365. The average Bonchev–Trinajstić information content (AvgIpc) is 2.66. The van der Waals surface area contributed by atoms with Gasteiger partial charge in [0, 0.05) is 25.2 Å². The van der Waals surface area contributed by atoms with E-state index in [-0.39, 0.29) is 22.5 Å². The van der Waals surface area contributed by atoms with Gasteiger partial charge in [0.2, 0.25) is 0 Å². The third-order valence-corrected chi connectivity index (χ3v) is 7.23. The molecule has 0 radical (unpaired) electrons. The van der Waals surface area contributed by atoms with Gasteiger partial charge in [-0.25, -0.2) is 0 Å². The second-order valence-electron chi connectivity index (χ2n) is 9.82. The largest absolute Gasteiger partial charge is 0.506 e. The Balaban J connectivity index is 2.53. The number of nitrogens with zero attached hydrogens (tertiary/aromatic N) is 2. The first kappa shape index (κ1) is 29.6. The van der Waals surface area contributed by atoms with Crippen molar-refractivity contribution in [2.75, 3.05) is 11.8 Å². The Morgan fingerprint density at radius 1 is 0.944 bits per heavy atom. The minimum Gasteiger partial charge on any atom is -0.506 e. The van der Waals surface area contributed by atoms with Gasteiger partial charge in [-0.2, -0.15) is 31.3 Å². The molecule has 15 heteroatoms. The minimum atomic E-state index is -4.89. The van der Waals surface area contributed by atoms with Crippen molar-refractivity contribution in [1.82, 2.24) is 0 Å². The zero-order valence-electron chi connectivity index (χ0n) is 20.5. The SMILES string of the molecule is CN=Nc1cc(C(C)(C)CC(C)(C)C)c(NS(=O)Oc2cc(S(=O)(=O)O)cc(S(=O)(=O)O)c2)cc1O. The van der Waals surface area contributed by atoms with Crippen molar-refractivity contribution >= 4 is 42.9 Å². The van der Waals surface area contributed by atoms with Crippen LogP contribution in [0.4, 0.5) is 11.4 Å². The first-order valence-corrected chi connectivity index (χ1v) is 14.3. The molecule has 1 unspecified atom stereocenters. The van der Waals surface area contributed by atoms with Gasteiger partial charge in [-0.05, 0) is 34.9 Å². The molecule has 0 aliphatic heterocycles. The monoisotopic (exact) mass is 563 g/mol. The summed E-state index contributed by atoms with van der Waals surface area (Å²) in [5.74, 6) is -0.808. The van der Waals surface area contributed by atoms with Crippen molar-refractivity contribution < 1.29 is 39.4 Å². The summed E-state index contributed by atoms with van der Waals surface area (Å²) >= 11 is -2.45. The Kier molecular flexibility index (Phi) is 8.57. The van der Waals surface area contributed by atoms with Crippen LogP contribution in [0.3, 0.4) is 0 Å². The predicted octanol–water partition coefficient (Wildman–Crippen LogP) is 4.38. The highest BCUT2D eigenvalue weighted by Gasteiger charge is 2.31. The summed E-state index contributed by atoms with van der Waals surface area (Å²) in [6, 6.07) is 4.85. The highest BCUT2D eigenvalue weighted by atomic mass is 32.2. The third-order valence-electron chi connectivity index (χ3n) is 4.84. The van der Waals surface area contributed by atoms with Gasteiger partial charge in [-0.15, -0.1) is 0 Å². The number of azo groups is 1. The molecule has 0 spiro atoms. The smallest absolute Gasteiger partial charge is 0.316 e. The van der Waals surface area contributed by atoms with Gasteiger partial charge in [-0.1, -0.05) is 34.6 Å². The molecule has 0 aliphatic carbocycles.